The van der Waals surface area contributed by atoms with Crippen LogP contribution in [-0.4, -0.2) is 35.7 Å². The number of hydrogen-bond acceptors (Lipinski definition) is 6. The number of anilines is 1. The Morgan fingerprint density at radius 2 is 2.11 bits per heavy atom. The van der Waals surface area contributed by atoms with Crippen LogP contribution in [0.5, 0.6) is 0 Å². The molecule has 0 fully saturated rings. The highest BCUT2D eigenvalue weighted by atomic mass is 16.4. The van der Waals surface area contributed by atoms with Gasteiger partial charge in [-0.2, -0.15) is 0 Å². The van der Waals surface area contributed by atoms with Crippen LogP contribution in [0.25, 0.3) is 0 Å². The van der Waals surface area contributed by atoms with Crippen LogP contribution in [0.2, 0.25) is 0 Å². The molecule has 0 spiro atoms. The van der Waals surface area contributed by atoms with E-state index in [0.29, 0.717) is 37.5 Å². The van der Waals surface area contributed by atoms with E-state index < -0.39 is 0 Å². The first-order valence-electron chi connectivity index (χ1n) is 6.09. The SMILES string of the molecule is CC(=O)NCCNc1nnc(CNCC(C)C)o1. The van der Waals surface area contributed by atoms with Crippen LogP contribution in [0.4, 0.5) is 6.01 Å². The van der Waals surface area contributed by atoms with Crippen LogP contribution < -0.4 is 16.0 Å². The minimum absolute atomic E-state index is 0.0547. The summed E-state index contributed by atoms with van der Waals surface area (Å²) in [4.78, 5) is 10.6. The maximum atomic E-state index is 10.6. The van der Waals surface area contributed by atoms with Gasteiger partial charge in [-0.25, -0.2) is 0 Å². The van der Waals surface area contributed by atoms with Gasteiger partial charge >= 0.3 is 6.01 Å². The molecule has 1 rings (SSSR count). The molecule has 0 aromatic carbocycles. The van der Waals surface area contributed by atoms with Crippen molar-refractivity contribution >= 4 is 11.9 Å². The number of hydrogen-bond donors (Lipinski definition) is 3. The van der Waals surface area contributed by atoms with E-state index in [1.807, 2.05) is 0 Å². The van der Waals surface area contributed by atoms with Crippen LogP contribution in [0.1, 0.15) is 26.7 Å². The molecular formula is C11H21N5O2. The van der Waals surface area contributed by atoms with Gasteiger partial charge in [-0.15, -0.1) is 5.10 Å². The minimum Gasteiger partial charge on any atom is -0.407 e. The summed E-state index contributed by atoms with van der Waals surface area (Å²) in [6.07, 6.45) is 0. The van der Waals surface area contributed by atoms with Crippen molar-refractivity contribution in [1.29, 1.82) is 0 Å². The van der Waals surface area contributed by atoms with Crippen molar-refractivity contribution in [1.82, 2.24) is 20.8 Å². The maximum Gasteiger partial charge on any atom is 0.315 e. The van der Waals surface area contributed by atoms with Crippen molar-refractivity contribution < 1.29 is 9.21 Å². The smallest absolute Gasteiger partial charge is 0.315 e. The molecule has 102 valence electrons. The zero-order chi connectivity index (χ0) is 13.4. The van der Waals surface area contributed by atoms with E-state index in [9.17, 15) is 4.79 Å². The summed E-state index contributed by atoms with van der Waals surface area (Å²) in [5.74, 6) is 1.08. The molecule has 7 heteroatoms. The first-order valence-corrected chi connectivity index (χ1v) is 6.09. The van der Waals surface area contributed by atoms with Crippen molar-refractivity contribution in [3.63, 3.8) is 0 Å². The quantitative estimate of drug-likeness (QED) is 0.581. The number of carbonyl (C=O) groups excluding carboxylic acids is 1. The van der Waals surface area contributed by atoms with Crippen LogP contribution in [0.15, 0.2) is 4.42 Å². The molecule has 7 nitrogen and oxygen atoms in total. The molecule has 3 N–H and O–H groups in total. The van der Waals surface area contributed by atoms with Gasteiger partial charge in [0.1, 0.15) is 0 Å². The Morgan fingerprint density at radius 3 is 2.78 bits per heavy atom. The lowest BCUT2D eigenvalue weighted by atomic mass is 10.2. The average molecular weight is 255 g/mol. The zero-order valence-electron chi connectivity index (χ0n) is 11.1. The number of carbonyl (C=O) groups is 1. The highest BCUT2D eigenvalue weighted by Gasteiger charge is 2.05. The fourth-order valence-corrected chi connectivity index (χ4v) is 1.27. The topological polar surface area (TPSA) is 92.1 Å². The number of aromatic nitrogens is 2. The van der Waals surface area contributed by atoms with Crippen molar-refractivity contribution in [3.05, 3.63) is 5.89 Å². The molecule has 0 saturated carbocycles. The van der Waals surface area contributed by atoms with Gasteiger partial charge in [0.2, 0.25) is 11.8 Å². The molecule has 0 aliphatic rings. The Balaban J connectivity index is 2.19. The number of nitrogens with one attached hydrogen (secondary N) is 3. The fraction of sp³-hybridized carbons (Fsp3) is 0.727. The monoisotopic (exact) mass is 255 g/mol. The van der Waals surface area contributed by atoms with Gasteiger partial charge in [-0.3, -0.25) is 4.79 Å². The van der Waals surface area contributed by atoms with E-state index in [1.54, 1.807) is 0 Å². The third-order valence-corrected chi connectivity index (χ3v) is 2.07. The Labute approximate surface area is 107 Å². The second-order valence-corrected chi connectivity index (χ2v) is 4.44. The number of amides is 1. The summed E-state index contributed by atoms with van der Waals surface area (Å²) in [6.45, 7) is 8.31. The van der Waals surface area contributed by atoms with Crippen molar-refractivity contribution in [2.75, 3.05) is 25.0 Å². The second-order valence-electron chi connectivity index (χ2n) is 4.44. The lowest BCUT2D eigenvalue weighted by Gasteiger charge is -2.04. The van der Waals surface area contributed by atoms with Gasteiger partial charge in [0.25, 0.3) is 0 Å². The lowest BCUT2D eigenvalue weighted by molar-refractivity contribution is -0.118. The molecule has 0 unspecified atom stereocenters. The molecule has 1 aromatic heterocycles. The summed E-state index contributed by atoms with van der Waals surface area (Å²) in [7, 11) is 0. The van der Waals surface area contributed by atoms with Crippen molar-refractivity contribution in [3.8, 4) is 0 Å². The lowest BCUT2D eigenvalue weighted by Crippen LogP contribution is -2.26. The number of rotatable bonds is 8. The highest BCUT2D eigenvalue weighted by molar-refractivity contribution is 5.72. The Kier molecular flexibility index (Phi) is 6.13. The van der Waals surface area contributed by atoms with E-state index in [2.05, 4.69) is 40.0 Å². The van der Waals surface area contributed by atoms with E-state index in [-0.39, 0.29) is 5.91 Å². The largest absolute Gasteiger partial charge is 0.407 e. The average Bonchev–Trinajstić information content (AvgIpc) is 2.72. The molecule has 0 atom stereocenters. The van der Waals surface area contributed by atoms with Crippen LogP contribution in [0, 0.1) is 5.92 Å². The molecule has 0 bridgehead atoms. The summed E-state index contributed by atoms with van der Waals surface area (Å²) in [5, 5.41) is 16.6. The van der Waals surface area contributed by atoms with Gasteiger partial charge in [-0.05, 0) is 12.5 Å². The van der Waals surface area contributed by atoms with Crippen LogP contribution in [0.3, 0.4) is 0 Å². The predicted octanol–water partition coefficient (Wildman–Crippen LogP) is 0.363. The van der Waals surface area contributed by atoms with E-state index in [1.165, 1.54) is 6.92 Å². The second kappa shape index (κ2) is 7.65. The fourth-order valence-electron chi connectivity index (χ4n) is 1.27. The van der Waals surface area contributed by atoms with Gasteiger partial charge in [0.05, 0.1) is 6.54 Å². The number of nitrogens with zero attached hydrogens (tertiary/aromatic N) is 2. The van der Waals surface area contributed by atoms with Gasteiger partial charge in [-0.1, -0.05) is 18.9 Å². The Bertz CT molecular complexity index is 364. The van der Waals surface area contributed by atoms with Crippen LogP contribution in [-0.2, 0) is 11.3 Å². The Hall–Kier alpha value is -1.63. The van der Waals surface area contributed by atoms with E-state index >= 15 is 0 Å². The molecule has 0 saturated heterocycles. The van der Waals surface area contributed by atoms with Gasteiger partial charge in [0, 0.05) is 20.0 Å². The van der Waals surface area contributed by atoms with Crippen molar-refractivity contribution in [2.24, 2.45) is 5.92 Å². The summed E-state index contributed by atoms with van der Waals surface area (Å²) >= 11 is 0. The summed E-state index contributed by atoms with van der Waals surface area (Å²) in [6, 6.07) is 0.377. The molecule has 1 amide bonds. The first-order chi connectivity index (χ1) is 8.58. The zero-order valence-corrected chi connectivity index (χ0v) is 11.1. The first kappa shape index (κ1) is 14.4. The predicted molar refractivity (Wildman–Crippen MR) is 68.0 cm³/mol. The van der Waals surface area contributed by atoms with Gasteiger partial charge < -0.3 is 20.4 Å². The molecular weight excluding hydrogens is 234 g/mol. The van der Waals surface area contributed by atoms with Crippen molar-refractivity contribution in [2.45, 2.75) is 27.3 Å². The normalized spacial score (nSPS) is 10.7. The summed E-state index contributed by atoms with van der Waals surface area (Å²) < 4.78 is 5.36. The molecule has 1 aromatic rings. The highest BCUT2D eigenvalue weighted by Crippen LogP contribution is 2.04. The van der Waals surface area contributed by atoms with E-state index in [4.69, 9.17) is 4.42 Å². The molecule has 0 radical (unpaired) electrons. The molecule has 0 aliphatic carbocycles. The molecule has 18 heavy (non-hydrogen) atoms. The Morgan fingerprint density at radius 1 is 1.33 bits per heavy atom. The van der Waals surface area contributed by atoms with Crippen LogP contribution >= 0.6 is 0 Å². The molecule has 1 heterocycles. The third-order valence-electron chi connectivity index (χ3n) is 2.07. The van der Waals surface area contributed by atoms with Gasteiger partial charge in [0.15, 0.2) is 0 Å². The third kappa shape index (κ3) is 6.19. The minimum atomic E-state index is -0.0547. The maximum absolute atomic E-state index is 10.6. The van der Waals surface area contributed by atoms with E-state index in [0.717, 1.165) is 6.54 Å². The summed E-state index contributed by atoms with van der Waals surface area (Å²) in [5.41, 5.74) is 0. The standard InChI is InChI=1S/C11H21N5O2/c1-8(2)6-12-7-10-15-16-11(18-10)14-5-4-13-9(3)17/h8,12H,4-7H2,1-3H3,(H,13,17)(H,14,16). The molecule has 0 aliphatic heterocycles.